The zero-order valence-corrected chi connectivity index (χ0v) is 15.9. The van der Waals surface area contributed by atoms with Crippen LogP contribution in [0.3, 0.4) is 0 Å². The van der Waals surface area contributed by atoms with E-state index < -0.39 is 17.1 Å². The lowest BCUT2D eigenvalue weighted by Gasteiger charge is -2.32. The smallest absolute Gasteiger partial charge is 0.329 e. The third-order valence-corrected chi connectivity index (χ3v) is 5.68. The van der Waals surface area contributed by atoms with Crippen LogP contribution >= 0.6 is 0 Å². The molecule has 5 rings (SSSR count). The molecule has 0 saturated carbocycles. The Bertz CT molecular complexity index is 1400. The number of amides is 1. The van der Waals surface area contributed by atoms with Crippen LogP contribution in [0.1, 0.15) is 29.2 Å². The van der Waals surface area contributed by atoms with E-state index in [1.54, 1.807) is 29.4 Å². The molecule has 1 amide bonds. The fourth-order valence-corrected chi connectivity index (χ4v) is 4.11. The number of nitrogens with one attached hydrogen (secondary N) is 2. The Hall–Kier alpha value is -3.75. The van der Waals surface area contributed by atoms with E-state index in [0.717, 1.165) is 21.7 Å². The van der Waals surface area contributed by atoms with Gasteiger partial charge in [-0.3, -0.25) is 14.2 Å². The van der Waals surface area contributed by atoms with E-state index in [1.165, 1.54) is 12.1 Å². The molecule has 0 atom stereocenters. The second-order valence-electron chi connectivity index (χ2n) is 7.45. The third kappa shape index (κ3) is 2.99. The Kier molecular flexibility index (Phi) is 4.23. The van der Waals surface area contributed by atoms with Crippen molar-refractivity contribution < 1.29 is 9.18 Å². The van der Waals surface area contributed by atoms with Gasteiger partial charge in [0.25, 0.3) is 11.5 Å². The summed E-state index contributed by atoms with van der Waals surface area (Å²) >= 11 is 0. The van der Waals surface area contributed by atoms with Gasteiger partial charge in [-0.1, -0.05) is 0 Å². The summed E-state index contributed by atoms with van der Waals surface area (Å²) in [5.41, 5.74) is 1.41. The van der Waals surface area contributed by atoms with Gasteiger partial charge in [0, 0.05) is 24.7 Å². The van der Waals surface area contributed by atoms with Crippen LogP contribution in [0.15, 0.2) is 52.3 Å². The molecular formula is C21H18FN5O3. The number of nitrogens with zero attached hydrogens (tertiary/aromatic N) is 3. The molecule has 0 aliphatic carbocycles. The highest BCUT2D eigenvalue weighted by Gasteiger charge is 2.27. The van der Waals surface area contributed by atoms with Gasteiger partial charge in [0.15, 0.2) is 0 Å². The van der Waals surface area contributed by atoms with Gasteiger partial charge < -0.3 is 14.9 Å². The molecular weight excluding hydrogens is 389 g/mol. The van der Waals surface area contributed by atoms with Crippen LogP contribution in [0.2, 0.25) is 0 Å². The minimum absolute atomic E-state index is 0.105. The number of likely N-dealkylation sites (tertiary alicyclic amines) is 1. The summed E-state index contributed by atoms with van der Waals surface area (Å²) in [6.45, 7) is 0.829. The lowest BCUT2D eigenvalue weighted by atomic mass is 10.0. The number of H-pyrrole nitrogens is 2. The number of hydrogen-bond donors (Lipinski definition) is 2. The number of piperidine rings is 1. The van der Waals surface area contributed by atoms with E-state index in [4.69, 9.17) is 0 Å². The molecule has 1 fully saturated rings. The number of benzene rings is 2. The summed E-state index contributed by atoms with van der Waals surface area (Å²) in [7, 11) is 0. The lowest BCUT2D eigenvalue weighted by Crippen LogP contribution is -2.45. The molecule has 152 valence electrons. The quantitative estimate of drug-likeness (QED) is 0.531. The minimum Gasteiger partial charge on any atom is -0.345 e. The molecule has 1 aliphatic heterocycles. The largest absolute Gasteiger partial charge is 0.345 e. The van der Waals surface area contributed by atoms with Gasteiger partial charge in [-0.2, -0.15) is 0 Å². The van der Waals surface area contributed by atoms with Crippen LogP contribution in [0.4, 0.5) is 4.39 Å². The first-order valence-electron chi connectivity index (χ1n) is 9.68. The van der Waals surface area contributed by atoms with E-state index in [0.29, 0.717) is 37.0 Å². The summed E-state index contributed by atoms with van der Waals surface area (Å²) in [5, 5.41) is 0.140. The van der Waals surface area contributed by atoms with Gasteiger partial charge in [-0.25, -0.2) is 14.2 Å². The Morgan fingerprint density at radius 2 is 1.87 bits per heavy atom. The Balaban J connectivity index is 1.38. The van der Waals surface area contributed by atoms with Crippen molar-refractivity contribution in [3.05, 3.63) is 74.9 Å². The molecule has 0 bridgehead atoms. The van der Waals surface area contributed by atoms with Crippen LogP contribution in [0, 0.1) is 5.82 Å². The first-order valence-corrected chi connectivity index (χ1v) is 9.68. The maximum Gasteiger partial charge on any atom is 0.329 e. The summed E-state index contributed by atoms with van der Waals surface area (Å²) < 4.78 is 14.7. The highest BCUT2D eigenvalue weighted by atomic mass is 19.1. The molecule has 4 aromatic rings. The highest BCUT2D eigenvalue weighted by Crippen LogP contribution is 2.23. The van der Waals surface area contributed by atoms with Gasteiger partial charge in [-0.15, -0.1) is 0 Å². The summed E-state index contributed by atoms with van der Waals surface area (Å²) in [5.74, 6) is -0.639. The van der Waals surface area contributed by atoms with Crippen molar-refractivity contribution in [2.75, 3.05) is 13.1 Å². The van der Waals surface area contributed by atoms with Gasteiger partial charge in [0.05, 0.1) is 28.3 Å². The number of imidazole rings is 1. The van der Waals surface area contributed by atoms with Gasteiger partial charge >= 0.3 is 5.69 Å². The van der Waals surface area contributed by atoms with Crippen molar-refractivity contribution in [2.45, 2.75) is 18.9 Å². The summed E-state index contributed by atoms with van der Waals surface area (Å²) in [6, 6.07) is 8.66. The third-order valence-electron chi connectivity index (χ3n) is 5.68. The molecule has 8 nitrogen and oxygen atoms in total. The second kappa shape index (κ2) is 6.94. The van der Waals surface area contributed by atoms with E-state index in [9.17, 15) is 18.8 Å². The van der Waals surface area contributed by atoms with Gasteiger partial charge in [0.1, 0.15) is 5.82 Å². The van der Waals surface area contributed by atoms with Crippen molar-refractivity contribution in [1.29, 1.82) is 0 Å². The van der Waals surface area contributed by atoms with Crippen LogP contribution < -0.4 is 11.2 Å². The lowest BCUT2D eigenvalue weighted by molar-refractivity contribution is 0.0692. The molecule has 2 aromatic carbocycles. The van der Waals surface area contributed by atoms with Crippen LogP contribution in [0.5, 0.6) is 0 Å². The molecule has 0 unspecified atom stereocenters. The first-order chi connectivity index (χ1) is 14.5. The number of hydrogen-bond acceptors (Lipinski definition) is 4. The SMILES string of the molecule is O=C(c1ccc2nc[nH]c2c1)N1CCC(n2c(=O)[nH]c3ccc(F)cc3c2=O)CC1. The summed E-state index contributed by atoms with van der Waals surface area (Å²) in [4.78, 5) is 49.7. The average molecular weight is 407 g/mol. The topological polar surface area (TPSA) is 104 Å². The number of carbonyl (C=O) groups excluding carboxylic acids is 1. The van der Waals surface area contributed by atoms with Crippen molar-refractivity contribution in [3.8, 4) is 0 Å². The number of rotatable bonds is 2. The zero-order valence-electron chi connectivity index (χ0n) is 15.9. The molecule has 30 heavy (non-hydrogen) atoms. The van der Waals surface area contributed by atoms with E-state index in [1.807, 2.05) is 0 Å². The molecule has 0 radical (unpaired) electrons. The number of fused-ring (bicyclic) bond motifs is 2. The van der Waals surface area contributed by atoms with Crippen molar-refractivity contribution in [2.24, 2.45) is 0 Å². The predicted molar refractivity (Wildman–Crippen MR) is 109 cm³/mol. The standard InChI is InChI=1S/C21H18FN5O3/c22-13-2-4-16-15(10-13)20(29)27(21(30)25-16)14-5-7-26(8-6-14)19(28)12-1-3-17-18(9-12)24-11-23-17/h1-4,9-11,14H,5-8H2,(H,23,24)(H,25,30). The molecule has 9 heteroatoms. The van der Waals surface area contributed by atoms with Crippen molar-refractivity contribution >= 4 is 27.8 Å². The van der Waals surface area contributed by atoms with Crippen molar-refractivity contribution in [3.63, 3.8) is 0 Å². The van der Waals surface area contributed by atoms with Crippen LogP contribution in [-0.4, -0.2) is 43.4 Å². The Morgan fingerprint density at radius 3 is 2.67 bits per heavy atom. The maximum atomic E-state index is 13.6. The zero-order chi connectivity index (χ0) is 20.8. The molecule has 1 saturated heterocycles. The van der Waals surface area contributed by atoms with E-state index in [-0.39, 0.29) is 17.3 Å². The molecule has 3 heterocycles. The minimum atomic E-state index is -0.534. The molecule has 0 spiro atoms. The molecule has 2 aromatic heterocycles. The second-order valence-corrected chi connectivity index (χ2v) is 7.45. The Labute approximate surface area is 169 Å². The normalized spacial score (nSPS) is 15.2. The molecule has 1 aliphatic rings. The fraction of sp³-hybridized carbons (Fsp3) is 0.238. The number of aromatic nitrogens is 4. The maximum absolute atomic E-state index is 13.6. The monoisotopic (exact) mass is 407 g/mol. The van der Waals surface area contributed by atoms with E-state index >= 15 is 0 Å². The predicted octanol–water partition coefficient (Wildman–Crippen LogP) is 2.18. The highest BCUT2D eigenvalue weighted by molar-refractivity contribution is 5.97. The molecule has 2 N–H and O–H groups in total. The number of aromatic amines is 2. The number of halogens is 1. The van der Waals surface area contributed by atoms with Crippen LogP contribution in [-0.2, 0) is 0 Å². The van der Waals surface area contributed by atoms with Gasteiger partial charge in [0.2, 0.25) is 0 Å². The number of carbonyl (C=O) groups is 1. The average Bonchev–Trinajstić information content (AvgIpc) is 3.22. The van der Waals surface area contributed by atoms with Crippen molar-refractivity contribution in [1.82, 2.24) is 24.4 Å². The summed E-state index contributed by atoms with van der Waals surface area (Å²) in [6.07, 6.45) is 2.50. The van der Waals surface area contributed by atoms with Gasteiger partial charge in [-0.05, 0) is 49.2 Å². The van der Waals surface area contributed by atoms with Crippen LogP contribution in [0.25, 0.3) is 21.9 Å². The Morgan fingerprint density at radius 1 is 1.07 bits per heavy atom. The first kappa shape index (κ1) is 18.3. The fourth-order valence-electron chi connectivity index (χ4n) is 4.11. The van der Waals surface area contributed by atoms with E-state index in [2.05, 4.69) is 15.0 Å².